The number of nitrogens with zero attached hydrogens (tertiary/aromatic N) is 5. The van der Waals surface area contributed by atoms with Crippen molar-refractivity contribution in [2.75, 3.05) is 39.4 Å². The molecule has 1 N–H and O–H groups in total. The van der Waals surface area contributed by atoms with E-state index in [2.05, 4.69) is 34.6 Å². The minimum absolute atomic E-state index is 0.0301. The molecule has 6 aromatic rings. The van der Waals surface area contributed by atoms with Crippen LogP contribution in [-0.2, 0) is 27.3 Å². The highest BCUT2D eigenvalue weighted by Gasteiger charge is 2.41. The highest BCUT2D eigenvalue weighted by atomic mass is 32.1. The SMILES string of the molecule is CCC(F)CN(Cc1ncc(-c2ccc(-c3ccc(-c4cnc(C5CC(F)CN5C(=O)C(NC(=O)N5CCOCC5)c5ccccc5)s4)cc3)cc2)s1)C(=O)Cc1ccccc1. The number of carbonyl (C=O) groups excluding carboxylic acids is 3. The van der Waals surface area contributed by atoms with E-state index in [1.165, 1.54) is 27.6 Å². The molecule has 4 unspecified atom stereocenters. The van der Waals surface area contributed by atoms with Gasteiger partial charge in [-0.2, -0.15) is 0 Å². The second-order valence-electron chi connectivity index (χ2n) is 15.5. The Hall–Kier alpha value is -5.83. The first-order valence-electron chi connectivity index (χ1n) is 20.9. The first-order valence-corrected chi connectivity index (χ1v) is 22.6. The number of halogens is 2. The minimum atomic E-state index is -1.22. The van der Waals surface area contributed by atoms with Crippen molar-refractivity contribution in [1.29, 1.82) is 0 Å². The Balaban J connectivity index is 0.923. The maximum absolute atomic E-state index is 15.2. The lowest BCUT2D eigenvalue weighted by atomic mass is 10.0. The molecule has 14 heteroatoms. The van der Waals surface area contributed by atoms with Gasteiger partial charge in [0.25, 0.3) is 5.91 Å². The summed E-state index contributed by atoms with van der Waals surface area (Å²) in [5.74, 6) is -0.500. The van der Waals surface area contributed by atoms with Crippen LogP contribution in [0.5, 0.6) is 0 Å². The molecule has 0 saturated carbocycles. The van der Waals surface area contributed by atoms with Crippen molar-refractivity contribution in [1.82, 2.24) is 30.0 Å². The number of carbonyl (C=O) groups is 3. The zero-order chi connectivity index (χ0) is 43.0. The molecule has 4 heterocycles. The third-order valence-corrected chi connectivity index (χ3v) is 13.4. The second-order valence-corrected chi connectivity index (χ2v) is 17.7. The molecule has 4 atom stereocenters. The molecule has 0 aliphatic carbocycles. The lowest BCUT2D eigenvalue weighted by molar-refractivity contribution is -0.134. The van der Waals surface area contributed by atoms with Crippen LogP contribution in [0.25, 0.3) is 32.0 Å². The summed E-state index contributed by atoms with van der Waals surface area (Å²) in [5.41, 5.74) is 5.52. The lowest BCUT2D eigenvalue weighted by Gasteiger charge is -2.32. The second kappa shape index (κ2) is 19.9. The number of rotatable bonds is 14. The number of hydrogen-bond acceptors (Lipinski definition) is 8. The Morgan fingerprint density at radius 3 is 2.06 bits per heavy atom. The predicted octanol–water partition coefficient (Wildman–Crippen LogP) is 9.31. The number of amides is 4. The van der Waals surface area contributed by atoms with Gasteiger partial charge < -0.3 is 24.8 Å². The number of nitrogens with one attached hydrogen (secondary N) is 1. The van der Waals surface area contributed by atoms with Crippen LogP contribution in [0, 0.1) is 0 Å². The highest BCUT2D eigenvalue weighted by molar-refractivity contribution is 7.15. The Morgan fingerprint density at radius 2 is 1.42 bits per heavy atom. The van der Waals surface area contributed by atoms with Gasteiger partial charge in [-0.25, -0.2) is 23.5 Å². The summed E-state index contributed by atoms with van der Waals surface area (Å²) in [6.45, 7) is 3.69. The summed E-state index contributed by atoms with van der Waals surface area (Å²) < 4.78 is 35.1. The van der Waals surface area contributed by atoms with E-state index in [4.69, 9.17) is 9.72 Å². The molecular weight excluding hydrogens is 827 g/mol. The van der Waals surface area contributed by atoms with Crippen molar-refractivity contribution in [3.63, 3.8) is 0 Å². The van der Waals surface area contributed by atoms with Gasteiger partial charge in [-0.05, 0) is 39.8 Å². The minimum Gasteiger partial charge on any atom is -0.378 e. The molecular formula is C48H48F2N6O4S2. The third kappa shape index (κ3) is 10.3. The Morgan fingerprint density at radius 1 is 0.823 bits per heavy atom. The molecule has 10 nitrogen and oxygen atoms in total. The summed E-state index contributed by atoms with van der Waals surface area (Å²) in [6.07, 6.45) is 1.92. The van der Waals surface area contributed by atoms with E-state index in [0.29, 0.717) is 43.3 Å². The molecule has 2 fully saturated rings. The lowest BCUT2D eigenvalue weighted by Crippen LogP contribution is -2.50. The van der Waals surface area contributed by atoms with E-state index in [0.717, 1.165) is 42.6 Å². The molecule has 2 aliphatic heterocycles. The van der Waals surface area contributed by atoms with Crippen LogP contribution in [-0.4, -0.2) is 94.2 Å². The van der Waals surface area contributed by atoms with Gasteiger partial charge in [0, 0.05) is 31.9 Å². The van der Waals surface area contributed by atoms with Gasteiger partial charge in [-0.1, -0.05) is 116 Å². The Labute approximate surface area is 368 Å². The summed E-state index contributed by atoms with van der Waals surface area (Å²) in [6, 6.07) is 33.0. The first-order chi connectivity index (χ1) is 30.2. The molecule has 62 heavy (non-hydrogen) atoms. The number of ether oxygens (including phenoxy) is 1. The normalized spacial score (nSPS) is 17.4. The Bertz CT molecular complexity index is 2430. The van der Waals surface area contributed by atoms with E-state index >= 15 is 4.39 Å². The molecule has 8 rings (SSSR count). The zero-order valence-electron chi connectivity index (χ0n) is 34.4. The van der Waals surface area contributed by atoms with Crippen LogP contribution in [0.2, 0.25) is 0 Å². The number of benzene rings is 4. The number of urea groups is 1. The first kappa shape index (κ1) is 42.8. The van der Waals surface area contributed by atoms with Gasteiger partial charge in [-0.15, -0.1) is 22.7 Å². The highest BCUT2D eigenvalue weighted by Crippen LogP contribution is 2.40. The number of thiazole rings is 2. The quantitative estimate of drug-likeness (QED) is 0.117. The van der Waals surface area contributed by atoms with Crippen LogP contribution >= 0.6 is 22.7 Å². The fourth-order valence-electron chi connectivity index (χ4n) is 7.76. The molecule has 320 valence electrons. The Kier molecular flexibility index (Phi) is 13.8. The summed E-state index contributed by atoms with van der Waals surface area (Å²) in [7, 11) is 0. The molecule has 0 radical (unpaired) electrons. The number of morpholine rings is 1. The van der Waals surface area contributed by atoms with Gasteiger partial charge >= 0.3 is 6.03 Å². The fourth-order valence-corrected chi connectivity index (χ4v) is 9.75. The number of alkyl halides is 2. The van der Waals surface area contributed by atoms with Crippen molar-refractivity contribution in [3.8, 4) is 32.0 Å². The van der Waals surface area contributed by atoms with Gasteiger partial charge in [0.2, 0.25) is 5.91 Å². The monoisotopic (exact) mass is 874 g/mol. The summed E-state index contributed by atoms with van der Waals surface area (Å²) in [5, 5.41) is 4.32. The van der Waals surface area contributed by atoms with Crippen molar-refractivity contribution >= 4 is 40.5 Å². The van der Waals surface area contributed by atoms with Crippen molar-refractivity contribution in [2.45, 2.75) is 57.2 Å². The van der Waals surface area contributed by atoms with Crippen LogP contribution in [0.15, 0.2) is 122 Å². The van der Waals surface area contributed by atoms with E-state index in [-0.39, 0.29) is 50.3 Å². The van der Waals surface area contributed by atoms with Crippen LogP contribution < -0.4 is 5.32 Å². The third-order valence-electron chi connectivity index (χ3n) is 11.3. The number of aromatic nitrogens is 2. The molecule has 2 aliphatic rings. The summed E-state index contributed by atoms with van der Waals surface area (Å²) in [4.78, 5) is 56.7. The van der Waals surface area contributed by atoms with Gasteiger partial charge in [0.15, 0.2) is 0 Å². The zero-order valence-corrected chi connectivity index (χ0v) is 36.0. The summed E-state index contributed by atoms with van der Waals surface area (Å²) >= 11 is 2.93. The van der Waals surface area contributed by atoms with Crippen molar-refractivity contribution in [2.24, 2.45) is 0 Å². The van der Waals surface area contributed by atoms with Crippen molar-refractivity contribution < 1.29 is 27.9 Å². The standard InChI is InChI=1S/C48H48F2N6O4S2/c1-2-38(49)29-55(44(57)25-32-9-5-3-6-10-32)31-43-51-27-41(61-43)35-17-13-33(14-18-35)34-15-19-36(20-16-34)42-28-52-46(62-42)40-26-39(50)30-56(40)47(58)45(37-11-7-4-8-12-37)53-48(59)54-21-23-60-24-22-54/h3-20,27-28,38-40,45H,2,21-26,29-31H2,1H3,(H,53,59). The smallest absolute Gasteiger partial charge is 0.318 e. The topological polar surface area (TPSA) is 108 Å². The van der Waals surface area contributed by atoms with Crippen molar-refractivity contribution in [3.05, 3.63) is 143 Å². The predicted molar refractivity (Wildman–Crippen MR) is 239 cm³/mol. The van der Waals surface area contributed by atoms with E-state index in [9.17, 15) is 18.8 Å². The maximum Gasteiger partial charge on any atom is 0.318 e. The average Bonchev–Trinajstić information content (AvgIpc) is 4.09. The number of likely N-dealkylation sites (tertiary alicyclic amines) is 1. The number of hydrogen-bond donors (Lipinski definition) is 1. The van der Waals surface area contributed by atoms with Gasteiger partial charge in [-0.3, -0.25) is 9.59 Å². The average molecular weight is 875 g/mol. The molecule has 0 spiro atoms. The van der Waals surface area contributed by atoms with E-state index in [1.54, 1.807) is 41.2 Å². The van der Waals surface area contributed by atoms with Crippen LogP contribution in [0.4, 0.5) is 13.6 Å². The molecule has 4 amide bonds. The molecule has 4 aromatic carbocycles. The van der Waals surface area contributed by atoms with E-state index < -0.39 is 24.4 Å². The van der Waals surface area contributed by atoms with Crippen LogP contribution in [0.1, 0.15) is 53.0 Å². The van der Waals surface area contributed by atoms with E-state index in [1.807, 2.05) is 72.8 Å². The molecule has 0 bridgehead atoms. The molecule has 2 saturated heterocycles. The molecule has 2 aromatic heterocycles. The maximum atomic E-state index is 15.2. The largest absolute Gasteiger partial charge is 0.378 e. The van der Waals surface area contributed by atoms with Crippen LogP contribution in [0.3, 0.4) is 0 Å². The van der Waals surface area contributed by atoms with Gasteiger partial charge in [0.05, 0.1) is 55.1 Å². The fraction of sp³-hybridized carbons (Fsp3) is 0.312. The van der Waals surface area contributed by atoms with Gasteiger partial charge in [0.1, 0.15) is 28.4 Å².